The summed E-state index contributed by atoms with van der Waals surface area (Å²) in [5.74, 6) is 0.703. The predicted molar refractivity (Wildman–Crippen MR) is 144 cm³/mol. The summed E-state index contributed by atoms with van der Waals surface area (Å²) in [4.78, 5) is 26.2. The number of nitrogens with one attached hydrogen (secondary N) is 3. The van der Waals surface area contributed by atoms with Crippen LogP contribution in [0.5, 0.6) is 0 Å². The SMILES string of the molecule is COCc1cc(Nc2ncc3c(n2)NCN(c2c(C)cccc2Cl)C3=O)ccc1N1CCN[C@H](C)C1. The summed E-state index contributed by atoms with van der Waals surface area (Å²) >= 11 is 6.40. The van der Waals surface area contributed by atoms with E-state index in [-0.39, 0.29) is 12.6 Å². The monoisotopic (exact) mass is 507 g/mol. The summed E-state index contributed by atoms with van der Waals surface area (Å²) in [6, 6.07) is 12.2. The second-order valence-corrected chi connectivity index (χ2v) is 9.54. The van der Waals surface area contributed by atoms with Crippen LogP contribution in [0, 0.1) is 6.92 Å². The van der Waals surface area contributed by atoms with Gasteiger partial charge in [0.1, 0.15) is 11.4 Å². The van der Waals surface area contributed by atoms with Gasteiger partial charge in [-0.25, -0.2) is 4.98 Å². The van der Waals surface area contributed by atoms with Gasteiger partial charge in [0.25, 0.3) is 5.91 Å². The molecule has 0 aliphatic carbocycles. The lowest BCUT2D eigenvalue weighted by Gasteiger charge is -2.35. The van der Waals surface area contributed by atoms with Gasteiger partial charge < -0.3 is 25.6 Å². The number of rotatable bonds is 6. The Bertz CT molecular complexity index is 1260. The summed E-state index contributed by atoms with van der Waals surface area (Å²) in [7, 11) is 1.70. The van der Waals surface area contributed by atoms with E-state index in [2.05, 4.69) is 49.9 Å². The van der Waals surface area contributed by atoms with E-state index >= 15 is 0 Å². The number of carbonyl (C=O) groups excluding carboxylic acids is 1. The molecule has 1 amide bonds. The molecule has 3 aromatic rings. The molecule has 2 aliphatic heterocycles. The third-order valence-electron chi connectivity index (χ3n) is 6.47. The Kier molecular flexibility index (Phi) is 6.95. The van der Waals surface area contributed by atoms with Crippen molar-refractivity contribution in [3.05, 3.63) is 64.3 Å². The normalized spacial score (nSPS) is 17.6. The average Bonchev–Trinajstić information content (AvgIpc) is 2.86. The molecule has 0 spiro atoms. The molecule has 188 valence electrons. The molecule has 3 heterocycles. The summed E-state index contributed by atoms with van der Waals surface area (Å²) in [5, 5.41) is 10.5. The number of methoxy groups -OCH3 is 1. The van der Waals surface area contributed by atoms with Crippen molar-refractivity contribution in [2.24, 2.45) is 0 Å². The maximum atomic E-state index is 13.2. The van der Waals surface area contributed by atoms with Crippen LogP contribution in [0.15, 0.2) is 42.6 Å². The van der Waals surface area contributed by atoms with Crippen molar-refractivity contribution in [3.63, 3.8) is 0 Å². The molecule has 0 saturated carbocycles. The van der Waals surface area contributed by atoms with Crippen LogP contribution >= 0.6 is 11.6 Å². The second kappa shape index (κ2) is 10.3. The van der Waals surface area contributed by atoms with E-state index in [1.807, 2.05) is 25.1 Å². The third-order valence-corrected chi connectivity index (χ3v) is 6.78. The number of carbonyl (C=O) groups is 1. The molecule has 1 saturated heterocycles. The molecule has 0 unspecified atom stereocenters. The third kappa shape index (κ3) is 4.82. The van der Waals surface area contributed by atoms with E-state index in [1.165, 1.54) is 5.69 Å². The van der Waals surface area contributed by atoms with Crippen LogP contribution in [-0.4, -0.2) is 55.3 Å². The molecule has 2 aromatic carbocycles. The number of anilines is 5. The Morgan fingerprint density at radius 3 is 2.92 bits per heavy atom. The van der Waals surface area contributed by atoms with Crippen molar-refractivity contribution >= 4 is 46.3 Å². The summed E-state index contributed by atoms with van der Waals surface area (Å²) in [6.45, 7) is 7.74. The first-order valence-corrected chi connectivity index (χ1v) is 12.4. The molecule has 2 aliphatic rings. The van der Waals surface area contributed by atoms with Gasteiger partial charge in [0.2, 0.25) is 5.95 Å². The van der Waals surface area contributed by atoms with Gasteiger partial charge in [-0.05, 0) is 43.7 Å². The van der Waals surface area contributed by atoms with Crippen LogP contribution < -0.4 is 25.8 Å². The average molecular weight is 508 g/mol. The number of aromatic nitrogens is 2. The van der Waals surface area contributed by atoms with Crippen LogP contribution in [0.3, 0.4) is 0 Å². The topological polar surface area (TPSA) is 94.6 Å². The first-order chi connectivity index (χ1) is 17.4. The number of para-hydroxylation sites is 1. The van der Waals surface area contributed by atoms with Crippen molar-refractivity contribution in [1.82, 2.24) is 15.3 Å². The molecule has 1 atom stereocenters. The number of benzene rings is 2. The zero-order valence-corrected chi connectivity index (χ0v) is 21.4. The molecule has 1 fully saturated rings. The van der Waals surface area contributed by atoms with Crippen molar-refractivity contribution in [2.45, 2.75) is 26.5 Å². The predicted octanol–water partition coefficient (Wildman–Crippen LogP) is 4.16. The minimum Gasteiger partial charge on any atom is -0.380 e. The van der Waals surface area contributed by atoms with Crippen molar-refractivity contribution < 1.29 is 9.53 Å². The van der Waals surface area contributed by atoms with Gasteiger partial charge in [-0.15, -0.1) is 0 Å². The molecular weight excluding hydrogens is 478 g/mol. The minimum absolute atomic E-state index is 0.191. The zero-order valence-electron chi connectivity index (χ0n) is 20.6. The summed E-state index contributed by atoms with van der Waals surface area (Å²) in [5.41, 5.74) is 5.12. The van der Waals surface area contributed by atoms with Crippen molar-refractivity contribution in [2.75, 3.05) is 53.8 Å². The van der Waals surface area contributed by atoms with Crippen molar-refractivity contribution in [1.29, 1.82) is 0 Å². The fourth-order valence-corrected chi connectivity index (χ4v) is 5.10. The van der Waals surface area contributed by atoms with Gasteiger partial charge in [0, 0.05) is 55.9 Å². The van der Waals surface area contributed by atoms with E-state index in [4.69, 9.17) is 16.3 Å². The van der Waals surface area contributed by atoms with Crippen LogP contribution in [-0.2, 0) is 11.3 Å². The van der Waals surface area contributed by atoms with Gasteiger partial charge in [-0.1, -0.05) is 23.7 Å². The highest BCUT2D eigenvalue weighted by atomic mass is 35.5. The van der Waals surface area contributed by atoms with E-state index < -0.39 is 0 Å². The van der Waals surface area contributed by atoms with E-state index in [9.17, 15) is 4.79 Å². The second-order valence-electron chi connectivity index (χ2n) is 9.13. The summed E-state index contributed by atoms with van der Waals surface area (Å²) in [6.07, 6.45) is 1.55. The number of ether oxygens (including phenoxy) is 1. The van der Waals surface area contributed by atoms with Crippen molar-refractivity contribution in [3.8, 4) is 0 Å². The maximum Gasteiger partial charge on any atom is 0.265 e. The number of nitrogens with zero attached hydrogens (tertiary/aromatic N) is 4. The van der Waals surface area contributed by atoms with Gasteiger partial charge in [0.05, 0.1) is 24.0 Å². The van der Waals surface area contributed by atoms with Gasteiger partial charge >= 0.3 is 0 Å². The largest absolute Gasteiger partial charge is 0.380 e. The first kappa shape index (κ1) is 24.3. The first-order valence-electron chi connectivity index (χ1n) is 12.0. The molecular formula is C26H30ClN7O2. The Balaban J connectivity index is 1.36. The number of amides is 1. The molecule has 36 heavy (non-hydrogen) atoms. The molecule has 3 N–H and O–H groups in total. The zero-order chi connectivity index (χ0) is 25.2. The Labute approximate surface area is 215 Å². The highest BCUT2D eigenvalue weighted by Crippen LogP contribution is 2.34. The maximum absolute atomic E-state index is 13.2. The number of halogens is 1. The van der Waals surface area contributed by atoms with Gasteiger partial charge in [0.15, 0.2) is 0 Å². The molecule has 0 radical (unpaired) electrons. The molecule has 9 nitrogen and oxygen atoms in total. The number of aryl methyl sites for hydroxylation is 1. The highest BCUT2D eigenvalue weighted by molar-refractivity contribution is 6.34. The van der Waals surface area contributed by atoms with Gasteiger partial charge in [-0.3, -0.25) is 9.69 Å². The molecule has 5 rings (SSSR count). The highest BCUT2D eigenvalue weighted by Gasteiger charge is 2.29. The molecule has 10 heteroatoms. The lowest BCUT2D eigenvalue weighted by Crippen LogP contribution is -2.49. The number of piperazine rings is 1. The van der Waals surface area contributed by atoms with Gasteiger partial charge in [-0.2, -0.15) is 4.98 Å². The Morgan fingerprint density at radius 1 is 1.28 bits per heavy atom. The quantitative estimate of drug-likeness (QED) is 0.458. The fraction of sp³-hybridized carbons (Fsp3) is 0.346. The van der Waals surface area contributed by atoms with Crippen LogP contribution in [0.2, 0.25) is 5.02 Å². The number of fused-ring (bicyclic) bond motifs is 1. The van der Waals surface area contributed by atoms with E-state index in [0.717, 1.165) is 36.4 Å². The van der Waals surface area contributed by atoms with E-state index in [1.54, 1.807) is 24.3 Å². The lowest BCUT2D eigenvalue weighted by atomic mass is 10.1. The Morgan fingerprint density at radius 2 is 2.14 bits per heavy atom. The fourth-order valence-electron chi connectivity index (χ4n) is 4.77. The van der Waals surface area contributed by atoms with Crippen LogP contribution in [0.25, 0.3) is 0 Å². The number of hydrogen-bond donors (Lipinski definition) is 3. The molecule has 0 bridgehead atoms. The smallest absolute Gasteiger partial charge is 0.265 e. The van der Waals surface area contributed by atoms with Crippen LogP contribution in [0.1, 0.15) is 28.4 Å². The molecule has 1 aromatic heterocycles. The Hall–Kier alpha value is -3.40. The summed E-state index contributed by atoms with van der Waals surface area (Å²) < 4.78 is 5.48. The van der Waals surface area contributed by atoms with Crippen LogP contribution in [0.4, 0.5) is 28.8 Å². The minimum atomic E-state index is -0.191. The van der Waals surface area contributed by atoms with E-state index in [0.29, 0.717) is 40.7 Å². The number of hydrogen-bond acceptors (Lipinski definition) is 8. The lowest BCUT2D eigenvalue weighted by molar-refractivity contribution is 0.0985. The standard InChI is InChI=1S/C26H30ClN7O2/c1-16-5-4-6-21(27)23(16)34-15-30-24-20(25(34)35)12-29-26(32-24)31-19-7-8-22(18(11-19)14-36-3)33-10-9-28-17(2)13-33/h4-8,11-12,17,28H,9-10,13-15H2,1-3H3,(H2,29,30,31,32)/t17-/m1/s1.